The summed E-state index contributed by atoms with van der Waals surface area (Å²) in [5, 5.41) is 12.6. The van der Waals surface area contributed by atoms with Crippen molar-refractivity contribution >= 4 is 17.3 Å². The zero-order chi connectivity index (χ0) is 12.3. The number of hydrazine groups is 1. The molecule has 2 rings (SSSR count). The monoisotopic (exact) mass is 240 g/mol. The van der Waals surface area contributed by atoms with Gasteiger partial charge in [-0.2, -0.15) is 0 Å². The summed E-state index contributed by atoms with van der Waals surface area (Å²) in [5.74, 6) is -0.0508. The predicted octanol–water partition coefficient (Wildman–Crippen LogP) is -0.374. The molecule has 1 aliphatic rings. The van der Waals surface area contributed by atoms with E-state index in [4.69, 9.17) is 10.5 Å². The van der Waals surface area contributed by atoms with Crippen LogP contribution >= 0.6 is 0 Å². The van der Waals surface area contributed by atoms with E-state index in [-0.39, 0.29) is 17.3 Å². The maximum absolute atomic E-state index is 10.8. The molecule has 0 aromatic carbocycles. The van der Waals surface area contributed by atoms with Gasteiger partial charge in [0.25, 0.3) is 0 Å². The van der Waals surface area contributed by atoms with Gasteiger partial charge in [-0.3, -0.25) is 15.5 Å². The van der Waals surface area contributed by atoms with Crippen LogP contribution in [0.4, 0.5) is 17.3 Å². The highest BCUT2D eigenvalue weighted by Crippen LogP contribution is 2.26. The van der Waals surface area contributed by atoms with Crippen LogP contribution in [0.5, 0.6) is 0 Å². The number of rotatable bonds is 3. The molecule has 0 radical (unpaired) electrons. The first-order valence-electron chi connectivity index (χ1n) is 5.02. The van der Waals surface area contributed by atoms with Crippen LogP contribution in [0.1, 0.15) is 0 Å². The number of nitro groups is 1. The summed E-state index contributed by atoms with van der Waals surface area (Å²) in [5.41, 5.74) is 8.00. The van der Waals surface area contributed by atoms with Crippen molar-refractivity contribution in [1.82, 2.24) is 15.0 Å². The van der Waals surface area contributed by atoms with Gasteiger partial charge in [0.2, 0.25) is 11.6 Å². The lowest BCUT2D eigenvalue weighted by Crippen LogP contribution is -2.40. The van der Waals surface area contributed by atoms with Crippen LogP contribution in [-0.4, -0.2) is 46.2 Å². The molecule has 1 aromatic heterocycles. The van der Waals surface area contributed by atoms with E-state index in [1.807, 2.05) is 0 Å². The zero-order valence-corrected chi connectivity index (χ0v) is 9.00. The summed E-state index contributed by atoms with van der Waals surface area (Å²) in [4.78, 5) is 17.7. The fraction of sp³-hybridized carbons (Fsp3) is 0.500. The van der Waals surface area contributed by atoms with Crippen LogP contribution in [0.2, 0.25) is 0 Å². The Labute approximate surface area is 96.7 Å². The molecule has 0 saturated carbocycles. The Balaban J connectivity index is 2.19. The Kier molecular flexibility index (Phi) is 3.30. The average Bonchev–Trinajstić information content (AvgIpc) is 2.30. The van der Waals surface area contributed by atoms with Gasteiger partial charge >= 0.3 is 5.69 Å². The largest absolute Gasteiger partial charge is 0.379 e. The Hall–Kier alpha value is -2.00. The quantitative estimate of drug-likeness (QED) is 0.542. The number of nitrogens with zero attached hydrogens (tertiary/aromatic N) is 4. The van der Waals surface area contributed by atoms with Crippen LogP contribution in [0, 0.1) is 10.1 Å². The number of nitrogens with two attached hydrogens (primary N) is 1. The fourth-order valence-corrected chi connectivity index (χ4v) is 1.48. The van der Waals surface area contributed by atoms with E-state index >= 15 is 0 Å². The van der Waals surface area contributed by atoms with Crippen LogP contribution in [-0.2, 0) is 4.74 Å². The Morgan fingerprint density at radius 3 is 2.82 bits per heavy atom. The lowest BCUT2D eigenvalue weighted by Gasteiger charge is -2.27. The van der Waals surface area contributed by atoms with Gasteiger partial charge in [0, 0.05) is 13.1 Å². The SMILES string of the molecule is Nc1ncnc(NN2CCOCC2)c1[N+](=O)[O-]. The second kappa shape index (κ2) is 4.89. The smallest absolute Gasteiger partial charge is 0.354 e. The van der Waals surface area contributed by atoms with Crippen molar-refractivity contribution in [2.45, 2.75) is 0 Å². The lowest BCUT2D eigenvalue weighted by atomic mass is 10.4. The molecule has 1 aromatic rings. The maximum atomic E-state index is 10.8. The van der Waals surface area contributed by atoms with Gasteiger partial charge in [-0.15, -0.1) is 0 Å². The van der Waals surface area contributed by atoms with Gasteiger partial charge in [-0.05, 0) is 0 Å². The van der Waals surface area contributed by atoms with E-state index in [2.05, 4.69) is 15.4 Å². The number of ether oxygens (including phenoxy) is 1. The van der Waals surface area contributed by atoms with Crippen molar-refractivity contribution in [3.63, 3.8) is 0 Å². The Morgan fingerprint density at radius 2 is 2.18 bits per heavy atom. The molecule has 0 unspecified atom stereocenters. The van der Waals surface area contributed by atoms with Gasteiger partial charge in [0.1, 0.15) is 6.33 Å². The topological polar surface area (TPSA) is 119 Å². The van der Waals surface area contributed by atoms with Crippen LogP contribution in [0.3, 0.4) is 0 Å². The molecule has 0 aliphatic carbocycles. The van der Waals surface area contributed by atoms with Gasteiger partial charge in [0.05, 0.1) is 18.1 Å². The summed E-state index contributed by atoms with van der Waals surface area (Å²) in [6.45, 7) is 2.39. The van der Waals surface area contributed by atoms with Crippen molar-refractivity contribution < 1.29 is 9.66 Å². The minimum Gasteiger partial charge on any atom is -0.379 e. The predicted molar refractivity (Wildman–Crippen MR) is 59.1 cm³/mol. The Morgan fingerprint density at radius 1 is 1.47 bits per heavy atom. The van der Waals surface area contributed by atoms with Gasteiger partial charge in [-0.1, -0.05) is 0 Å². The number of nitrogen functional groups attached to an aromatic ring is 1. The van der Waals surface area contributed by atoms with Gasteiger partial charge in [0.15, 0.2) is 0 Å². The molecule has 1 aliphatic heterocycles. The minimum absolute atomic E-state index is 0.101. The van der Waals surface area contributed by atoms with E-state index in [1.165, 1.54) is 6.33 Å². The third-order valence-electron chi connectivity index (χ3n) is 2.31. The molecular weight excluding hydrogens is 228 g/mol. The zero-order valence-electron chi connectivity index (χ0n) is 9.00. The molecule has 0 atom stereocenters. The van der Waals surface area contributed by atoms with Gasteiger partial charge in [-0.25, -0.2) is 15.0 Å². The molecule has 0 spiro atoms. The molecule has 0 bridgehead atoms. The second-order valence-electron chi connectivity index (χ2n) is 3.42. The maximum Gasteiger partial charge on any atom is 0.354 e. The van der Waals surface area contributed by atoms with E-state index in [0.29, 0.717) is 26.3 Å². The van der Waals surface area contributed by atoms with E-state index in [1.54, 1.807) is 5.01 Å². The average molecular weight is 240 g/mol. The molecule has 9 heteroatoms. The molecule has 2 heterocycles. The van der Waals surface area contributed by atoms with Crippen LogP contribution in [0.25, 0.3) is 0 Å². The first-order valence-corrected chi connectivity index (χ1v) is 5.02. The highest BCUT2D eigenvalue weighted by Gasteiger charge is 2.23. The summed E-state index contributed by atoms with van der Waals surface area (Å²) in [6, 6.07) is 0. The lowest BCUT2D eigenvalue weighted by molar-refractivity contribution is -0.383. The van der Waals surface area contributed by atoms with E-state index < -0.39 is 4.92 Å². The molecule has 1 saturated heterocycles. The second-order valence-corrected chi connectivity index (χ2v) is 3.42. The summed E-state index contributed by atoms with van der Waals surface area (Å²) in [6.07, 6.45) is 1.19. The highest BCUT2D eigenvalue weighted by atomic mass is 16.6. The number of aromatic nitrogens is 2. The van der Waals surface area contributed by atoms with E-state index in [9.17, 15) is 10.1 Å². The minimum atomic E-state index is -0.599. The number of morpholine rings is 1. The Bertz CT molecular complexity index is 420. The third-order valence-corrected chi connectivity index (χ3v) is 2.31. The molecule has 17 heavy (non-hydrogen) atoms. The molecule has 9 nitrogen and oxygen atoms in total. The van der Waals surface area contributed by atoms with Crippen molar-refractivity contribution in [3.05, 3.63) is 16.4 Å². The van der Waals surface area contributed by atoms with Crippen molar-refractivity contribution in [2.75, 3.05) is 37.5 Å². The van der Waals surface area contributed by atoms with Crippen LogP contribution in [0.15, 0.2) is 6.33 Å². The third kappa shape index (κ3) is 2.57. The number of hydrogen-bond donors (Lipinski definition) is 2. The number of hydrogen-bond acceptors (Lipinski definition) is 8. The standard InChI is InChI=1S/C8H12N6O3/c9-7-6(14(15)16)8(11-5-10-7)12-13-1-3-17-4-2-13/h5H,1-4H2,(H3,9,10,11,12). The van der Waals surface area contributed by atoms with Crippen molar-refractivity contribution in [3.8, 4) is 0 Å². The highest BCUT2D eigenvalue weighted by molar-refractivity contribution is 5.66. The first kappa shape index (κ1) is 11.5. The molecule has 0 amide bonds. The summed E-state index contributed by atoms with van der Waals surface area (Å²) in [7, 11) is 0. The molecule has 92 valence electrons. The molecule has 3 N–H and O–H groups in total. The summed E-state index contributed by atoms with van der Waals surface area (Å²) >= 11 is 0. The number of anilines is 2. The number of nitrogens with one attached hydrogen (secondary N) is 1. The van der Waals surface area contributed by atoms with Crippen molar-refractivity contribution in [2.24, 2.45) is 0 Å². The molecule has 1 fully saturated rings. The van der Waals surface area contributed by atoms with E-state index in [0.717, 1.165) is 0 Å². The van der Waals surface area contributed by atoms with Crippen LogP contribution < -0.4 is 11.2 Å². The van der Waals surface area contributed by atoms with Gasteiger partial charge < -0.3 is 10.5 Å². The first-order chi connectivity index (χ1) is 8.18. The fourth-order valence-electron chi connectivity index (χ4n) is 1.48. The normalized spacial score (nSPS) is 16.7. The molecular formula is C8H12N6O3. The summed E-state index contributed by atoms with van der Waals surface area (Å²) < 4.78 is 5.17. The van der Waals surface area contributed by atoms with Crippen molar-refractivity contribution in [1.29, 1.82) is 0 Å².